The van der Waals surface area contributed by atoms with Gasteiger partial charge in [0.2, 0.25) is 0 Å². The molecule has 0 aromatic heterocycles. The molecule has 3 aromatic rings. The van der Waals surface area contributed by atoms with Crippen LogP contribution in [0.2, 0.25) is 0 Å². The van der Waals surface area contributed by atoms with Gasteiger partial charge in [-0.3, -0.25) is 4.79 Å². The van der Waals surface area contributed by atoms with Gasteiger partial charge in [0, 0.05) is 29.9 Å². The van der Waals surface area contributed by atoms with Crippen LogP contribution in [0.5, 0.6) is 0 Å². The monoisotopic (exact) mass is 665 g/mol. The third-order valence-electron chi connectivity index (χ3n) is 8.18. The summed E-state index contributed by atoms with van der Waals surface area (Å²) in [6, 6.07) is 22.4. The maximum atomic E-state index is 13.7. The number of nitrogens with one attached hydrogen (secondary N) is 1. The molecule has 0 spiro atoms. The van der Waals surface area contributed by atoms with Gasteiger partial charge in [-0.15, -0.1) is 0 Å². The van der Waals surface area contributed by atoms with Gasteiger partial charge < -0.3 is 19.5 Å². The molecule has 8 heteroatoms. The summed E-state index contributed by atoms with van der Waals surface area (Å²) in [6.45, 7) is 11.3. The lowest BCUT2D eigenvalue weighted by atomic mass is 9.98. The standard InChI is InChI=1S/C41H47NO7/c1-27(2)24-36(42-40(46)47-26-35-33-14-9-7-12-31(33)32-13-8-10-15-34(32)35)39(45)48-37(16-11-17-38(44)49-41(4,5)6)28(3)18-19-29-20-22-30(25-43)23-21-29/h7-15,17-23,25,27-28,35-37H,16,24,26H2,1-6H3,(H,42,46)/b17-11+,19-18+/t28-,36+,37+/m1/s1. The van der Waals surface area contributed by atoms with E-state index in [1.54, 1.807) is 39.0 Å². The van der Waals surface area contributed by atoms with Crippen molar-refractivity contribution in [2.75, 3.05) is 6.61 Å². The summed E-state index contributed by atoms with van der Waals surface area (Å²) in [5.41, 5.74) is 5.25. The van der Waals surface area contributed by atoms with Gasteiger partial charge in [0.1, 0.15) is 30.6 Å². The number of amides is 1. The van der Waals surface area contributed by atoms with Gasteiger partial charge in [0.05, 0.1) is 0 Å². The van der Waals surface area contributed by atoms with Crippen LogP contribution in [-0.4, -0.2) is 48.7 Å². The number of carbonyl (C=O) groups is 4. The van der Waals surface area contributed by atoms with E-state index in [9.17, 15) is 19.2 Å². The molecule has 0 aliphatic heterocycles. The number of fused-ring (bicyclic) bond motifs is 3. The van der Waals surface area contributed by atoms with E-state index in [-0.39, 0.29) is 30.8 Å². The highest BCUT2D eigenvalue weighted by atomic mass is 16.6. The van der Waals surface area contributed by atoms with Crippen LogP contribution in [-0.2, 0) is 23.8 Å². The summed E-state index contributed by atoms with van der Waals surface area (Å²) in [7, 11) is 0. The van der Waals surface area contributed by atoms with E-state index < -0.39 is 35.8 Å². The molecule has 0 saturated carbocycles. The van der Waals surface area contributed by atoms with Crippen molar-refractivity contribution in [1.29, 1.82) is 0 Å². The molecule has 0 radical (unpaired) electrons. The Morgan fingerprint density at radius 1 is 0.857 bits per heavy atom. The fraction of sp³-hybridized carbons (Fsp3) is 0.366. The summed E-state index contributed by atoms with van der Waals surface area (Å²) in [5, 5.41) is 2.76. The van der Waals surface area contributed by atoms with Crippen molar-refractivity contribution in [3.05, 3.63) is 113 Å². The first-order chi connectivity index (χ1) is 23.3. The Bertz CT molecular complexity index is 1620. The van der Waals surface area contributed by atoms with E-state index >= 15 is 0 Å². The molecule has 3 atom stereocenters. The maximum absolute atomic E-state index is 13.7. The molecule has 0 bridgehead atoms. The van der Waals surface area contributed by atoms with Crippen molar-refractivity contribution < 1.29 is 33.4 Å². The van der Waals surface area contributed by atoms with Gasteiger partial charge in [-0.05, 0) is 60.9 Å². The minimum Gasteiger partial charge on any atom is -0.460 e. The average Bonchev–Trinajstić information content (AvgIpc) is 3.38. The van der Waals surface area contributed by atoms with Crippen molar-refractivity contribution in [2.45, 2.75) is 78.0 Å². The molecular weight excluding hydrogens is 618 g/mol. The first kappa shape index (κ1) is 36.8. The first-order valence-corrected chi connectivity index (χ1v) is 16.8. The largest absolute Gasteiger partial charge is 0.460 e. The van der Waals surface area contributed by atoms with Crippen molar-refractivity contribution in [1.82, 2.24) is 5.32 Å². The molecule has 1 N–H and O–H groups in total. The first-order valence-electron chi connectivity index (χ1n) is 16.8. The van der Waals surface area contributed by atoms with E-state index in [0.717, 1.165) is 34.1 Å². The molecule has 1 aliphatic rings. The quantitative estimate of drug-likeness (QED) is 0.0799. The molecule has 0 saturated heterocycles. The van der Waals surface area contributed by atoms with Crippen molar-refractivity contribution in [3.8, 4) is 11.1 Å². The Morgan fingerprint density at radius 3 is 2.02 bits per heavy atom. The van der Waals surface area contributed by atoms with Crippen LogP contribution in [0.1, 0.15) is 87.4 Å². The third-order valence-corrected chi connectivity index (χ3v) is 8.18. The zero-order chi connectivity index (χ0) is 35.6. The minimum atomic E-state index is -0.944. The topological polar surface area (TPSA) is 108 Å². The van der Waals surface area contributed by atoms with E-state index in [0.29, 0.717) is 12.0 Å². The normalized spacial score (nSPS) is 14.6. The molecule has 1 aliphatic carbocycles. The fourth-order valence-corrected chi connectivity index (χ4v) is 5.78. The lowest BCUT2D eigenvalue weighted by molar-refractivity contribution is -0.153. The lowest BCUT2D eigenvalue weighted by Gasteiger charge is -2.26. The van der Waals surface area contributed by atoms with Crippen molar-refractivity contribution in [2.24, 2.45) is 11.8 Å². The van der Waals surface area contributed by atoms with Crippen LogP contribution in [0, 0.1) is 11.8 Å². The van der Waals surface area contributed by atoms with Crippen molar-refractivity contribution >= 4 is 30.4 Å². The van der Waals surface area contributed by atoms with E-state index in [1.165, 1.54) is 6.08 Å². The highest BCUT2D eigenvalue weighted by molar-refractivity contribution is 5.83. The SMILES string of the molecule is CC(C)C[C@H](NC(=O)OCC1c2ccccc2-c2ccccc21)C(=O)O[C@@H](C/C=C/C(=O)OC(C)(C)C)[C@H](C)/C=C/c1ccc(C=O)cc1. The van der Waals surface area contributed by atoms with Gasteiger partial charge in [-0.2, -0.15) is 0 Å². The number of alkyl carbamates (subject to hydrolysis) is 1. The van der Waals surface area contributed by atoms with Gasteiger partial charge in [0.25, 0.3) is 0 Å². The van der Waals surface area contributed by atoms with Gasteiger partial charge in [0.15, 0.2) is 0 Å². The second-order valence-electron chi connectivity index (χ2n) is 13.8. The summed E-state index contributed by atoms with van der Waals surface area (Å²) < 4.78 is 17.2. The number of aldehydes is 1. The Kier molecular flexibility index (Phi) is 12.7. The third kappa shape index (κ3) is 10.8. The molecule has 49 heavy (non-hydrogen) atoms. The number of benzene rings is 3. The molecule has 0 unspecified atom stereocenters. The molecular formula is C41H47NO7. The zero-order valence-corrected chi connectivity index (χ0v) is 29.2. The number of esters is 2. The number of rotatable bonds is 14. The number of hydrogen-bond acceptors (Lipinski definition) is 7. The molecule has 8 nitrogen and oxygen atoms in total. The summed E-state index contributed by atoms with van der Waals surface area (Å²) in [4.78, 5) is 50.2. The van der Waals surface area contributed by atoms with Gasteiger partial charge >= 0.3 is 18.0 Å². The Hall–Kier alpha value is -4.98. The number of carbonyl (C=O) groups excluding carboxylic acids is 4. The van der Waals surface area contributed by atoms with Crippen LogP contribution in [0.15, 0.2) is 91.0 Å². The van der Waals surface area contributed by atoms with Crippen LogP contribution in [0.3, 0.4) is 0 Å². The lowest BCUT2D eigenvalue weighted by Crippen LogP contribution is -2.44. The average molecular weight is 666 g/mol. The molecule has 1 amide bonds. The Morgan fingerprint density at radius 2 is 1.45 bits per heavy atom. The predicted octanol–water partition coefficient (Wildman–Crippen LogP) is 8.30. The smallest absolute Gasteiger partial charge is 0.407 e. The van der Waals surface area contributed by atoms with Crippen LogP contribution in [0.4, 0.5) is 4.79 Å². The minimum absolute atomic E-state index is 0.0728. The van der Waals surface area contributed by atoms with Crippen LogP contribution < -0.4 is 5.32 Å². The predicted molar refractivity (Wildman–Crippen MR) is 191 cm³/mol. The van der Waals surface area contributed by atoms with E-state index in [1.807, 2.05) is 81.5 Å². The summed E-state index contributed by atoms with van der Waals surface area (Å²) in [5.74, 6) is -1.40. The van der Waals surface area contributed by atoms with Crippen molar-refractivity contribution in [3.63, 3.8) is 0 Å². The van der Waals surface area contributed by atoms with Crippen LogP contribution >= 0.6 is 0 Å². The summed E-state index contributed by atoms with van der Waals surface area (Å²) >= 11 is 0. The number of hydrogen-bond donors (Lipinski definition) is 1. The molecule has 0 heterocycles. The Balaban J connectivity index is 1.45. The molecule has 3 aromatic carbocycles. The number of ether oxygens (including phenoxy) is 3. The fourth-order valence-electron chi connectivity index (χ4n) is 5.78. The molecule has 0 fully saturated rings. The van der Waals surface area contributed by atoms with Gasteiger partial charge in [-0.1, -0.05) is 112 Å². The molecule has 258 valence electrons. The maximum Gasteiger partial charge on any atom is 0.407 e. The highest BCUT2D eigenvalue weighted by Gasteiger charge is 2.31. The van der Waals surface area contributed by atoms with Gasteiger partial charge in [-0.25, -0.2) is 14.4 Å². The second-order valence-corrected chi connectivity index (χ2v) is 13.8. The van der Waals surface area contributed by atoms with Crippen LogP contribution in [0.25, 0.3) is 17.2 Å². The Labute approximate surface area is 289 Å². The van der Waals surface area contributed by atoms with E-state index in [2.05, 4.69) is 17.4 Å². The summed E-state index contributed by atoms with van der Waals surface area (Å²) in [6.07, 6.45) is 6.77. The second kappa shape index (κ2) is 16.9. The highest BCUT2D eigenvalue weighted by Crippen LogP contribution is 2.44. The van der Waals surface area contributed by atoms with E-state index in [4.69, 9.17) is 14.2 Å². The zero-order valence-electron chi connectivity index (χ0n) is 29.2. The molecule has 4 rings (SSSR count).